The SMILES string of the molecule is COCC(=O)N[C@@H](Cc1cccc(F)c1)[C@H](O)CN[C@H]1CC2(CCC2)Oc2c1cc(CC(C)(C)OCOC(=O)C(F)(F)F)cc2-n1ccnc1. The Hall–Kier alpha value is -4.05. The number of carbonyl (C=O) groups is 2. The molecule has 15 heteroatoms. The molecule has 1 aliphatic heterocycles. The Labute approximate surface area is 287 Å². The van der Waals surface area contributed by atoms with Crippen molar-refractivity contribution in [1.29, 1.82) is 0 Å². The summed E-state index contributed by atoms with van der Waals surface area (Å²) in [5.41, 5.74) is 1.38. The fourth-order valence-corrected chi connectivity index (χ4v) is 6.41. The number of imidazole rings is 1. The quantitative estimate of drug-likeness (QED) is 0.119. The van der Waals surface area contributed by atoms with Gasteiger partial charge < -0.3 is 39.3 Å². The predicted octanol–water partition coefficient (Wildman–Crippen LogP) is 4.48. The van der Waals surface area contributed by atoms with Crippen molar-refractivity contribution in [3.8, 4) is 11.4 Å². The highest BCUT2D eigenvalue weighted by molar-refractivity contribution is 5.77. The first-order chi connectivity index (χ1) is 23.7. The summed E-state index contributed by atoms with van der Waals surface area (Å²) in [5.74, 6) is -2.56. The van der Waals surface area contributed by atoms with E-state index in [4.69, 9.17) is 14.2 Å². The van der Waals surface area contributed by atoms with E-state index in [2.05, 4.69) is 20.4 Å². The maximum atomic E-state index is 14.0. The van der Waals surface area contributed by atoms with Gasteiger partial charge in [-0.3, -0.25) is 4.79 Å². The zero-order valence-electron chi connectivity index (χ0n) is 28.1. The van der Waals surface area contributed by atoms with Crippen LogP contribution in [0.5, 0.6) is 5.75 Å². The number of amides is 1. The number of nitrogens with one attached hydrogen (secondary N) is 2. The van der Waals surface area contributed by atoms with Gasteiger partial charge in [0.2, 0.25) is 5.91 Å². The van der Waals surface area contributed by atoms with Gasteiger partial charge in [-0.1, -0.05) is 18.2 Å². The third-order valence-electron chi connectivity index (χ3n) is 8.98. The topological polar surface area (TPSA) is 133 Å². The first-order valence-corrected chi connectivity index (χ1v) is 16.3. The number of ether oxygens (including phenoxy) is 4. The third kappa shape index (κ3) is 9.38. The molecule has 1 spiro atoms. The van der Waals surface area contributed by atoms with Crippen LogP contribution >= 0.6 is 0 Å². The molecule has 0 unspecified atom stereocenters. The molecule has 0 bridgehead atoms. The molecular formula is C35H42F4N4O7. The number of hydrogen-bond donors (Lipinski definition) is 3. The van der Waals surface area contributed by atoms with Crippen LogP contribution in [-0.4, -0.2) is 83.1 Å². The lowest BCUT2D eigenvalue weighted by molar-refractivity contribution is -0.216. The lowest BCUT2D eigenvalue weighted by Crippen LogP contribution is -2.52. The number of rotatable bonds is 15. The van der Waals surface area contributed by atoms with Crippen molar-refractivity contribution in [3.05, 3.63) is 77.6 Å². The molecule has 0 radical (unpaired) electrons. The van der Waals surface area contributed by atoms with Crippen molar-refractivity contribution in [3.63, 3.8) is 0 Å². The van der Waals surface area contributed by atoms with Crippen LogP contribution in [0.25, 0.3) is 5.69 Å². The molecule has 1 aromatic heterocycles. The summed E-state index contributed by atoms with van der Waals surface area (Å²) in [5, 5.41) is 17.7. The van der Waals surface area contributed by atoms with Crippen LogP contribution in [0.4, 0.5) is 17.6 Å². The Bertz CT molecular complexity index is 1630. The Balaban J connectivity index is 1.40. The summed E-state index contributed by atoms with van der Waals surface area (Å²) in [4.78, 5) is 27.9. The second kappa shape index (κ2) is 15.5. The van der Waals surface area contributed by atoms with Gasteiger partial charge in [-0.15, -0.1) is 0 Å². The molecule has 0 saturated heterocycles. The van der Waals surface area contributed by atoms with Gasteiger partial charge in [0.25, 0.3) is 0 Å². The average Bonchev–Trinajstić information content (AvgIpc) is 3.56. The van der Waals surface area contributed by atoms with E-state index in [0.29, 0.717) is 23.4 Å². The summed E-state index contributed by atoms with van der Waals surface area (Å²) in [6, 6.07) is 8.73. The van der Waals surface area contributed by atoms with Crippen molar-refractivity contribution in [1.82, 2.24) is 20.2 Å². The van der Waals surface area contributed by atoms with Gasteiger partial charge in [0.15, 0.2) is 6.79 Å². The molecule has 50 heavy (non-hydrogen) atoms. The minimum absolute atomic E-state index is 0.0667. The Morgan fingerprint density at radius 3 is 2.60 bits per heavy atom. The van der Waals surface area contributed by atoms with Crippen LogP contribution in [0.15, 0.2) is 55.1 Å². The maximum Gasteiger partial charge on any atom is 0.491 e. The van der Waals surface area contributed by atoms with Gasteiger partial charge >= 0.3 is 12.1 Å². The van der Waals surface area contributed by atoms with E-state index in [-0.39, 0.29) is 32.0 Å². The zero-order valence-corrected chi connectivity index (χ0v) is 28.1. The monoisotopic (exact) mass is 706 g/mol. The van der Waals surface area contributed by atoms with Crippen LogP contribution in [0.1, 0.15) is 62.3 Å². The standard InChI is InChI=1S/C35H42F4N4O7/c1-33(2,49-21-48-32(46)35(37,38)39)16-23-13-25-27(17-34(8-5-9-34)50-31(25)28(15-23)43-11-10-40-20-43)41-18-29(44)26(42-30(45)19-47-3)14-22-6-4-7-24(36)12-22/h4,6-7,10-13,15,20,26-27,29,41,44H,5,8-9,14,16-19,21H2,1-3H3,(H,42,45)/t26-,27-,29+/m0/s1. The second-order valence-corrected chi connectivity index (χ2v) is 13.4. The van der Waals surface area contributed by atoms with Crippen molar-refractivity contribution in [2.24, 2.45) is 0 Å². The molecule has 2 aliphatic rings. The van der Waals surface area contributed by atoms with Crippen molar-refractivity contribution < 1.29 is 51.2 Å². The highest BCUT2D eigenvalue weighted by Crippen LogP contribution is 2.51. The number of benzene rings is 2. The van der Waals surface area contributed by atoms with Gasteiger partial charge in [-0.2, -0.15) is 13.2 Å². The number of hydrogen-bond acceptors (Lipinski definition) is 9. The number of aromatic nitrogens is 2. The molecule has 272 valence electrons. The summed E-state index contributed by atoms with van der Waals surface area (Å²) in [7, 11) is 1.39. The molecule has 5 rings (SSSR count). The van der Waals surface area contributed by atoms with Crippen molar-refractivity contribution >= 4 is 11.9 Å². The molecule has 1 fully saturated rings. The third-order valence-corrected chi connectivity index (χ3v) is 8.98. The average molecular weight is 707 g/mol. The van der Waals surface area contributed by atoms with E-state index >= 15 is 0 Å². The number of methoxy groups -OCH3 is 1. The first-order valence-electron chi connectivity index (χ1n) is 16.3. The normalized spacial score (nSPS) is 18.0. The van der Waals surface area contributed by atoms with E-state index < -0.39 is 54.0 Å². The molecule has 3 aromatic rings. The highest BCUT2D eigenvalue weighted by Gasteiger charge is 2.47. The number of alkyl halides is 3. The van der Waals surface area contributed by atoms with E-state index in [9.17, 15) is 32.3 Å². The lowest BCUT2D eigenvalue weighted by atomic mass is 9.72. The van der Waals surface area contributed by atoms with Crippen molar-refractivity contribution in [2.75, 3.05) is 27.1 Å². The number of aliphatic hydroxyl groups is 1. The fourth-order valence-electron chi connectivity index (χ4n) is 6.41. The molecule has 3 atom stereocenters. The Kier molecular flexibility index (Phi) is 11.5. The Morgan fingerprint density at radius 2 is 1.96 bits per heavy atom. The van der Waals surface area contributed by atoms with Gasteiger partial charge in [-0.05, 0) is 68.9 Å². The van der Waals surface area contributed by atoms with Crippen LogP contribution < -0.4 is 15.4 Å². The fraction of sp³-hybridized carbons (Fsp3) is 0.514. The molecule has 1 saturated carbocycles. The molecule has 2 heterocycles. The zero-order chi connectivity index (χ0) is 36.1. The predicted molar refractivity (Wildman–Crippen MR) is 172 cm³/mol. The molecular weight excluding hydrogens is 664 g/mol. The summed E-state index contributed by atoms with van der Waals surface area (Å²) < 4.78 is 75.2. The number of esters is 1. The van der Waals surface area contributed by atoms with Gasteiger partial charge in [0.1, 0.15) is 23.8 Å². The van der Waals surface area contributed by atoms with E-state index in [0.717, 1.165) is 30.4 Å². The molecule has 3 N–H and O–H groups in total. The van der Waals surface area contributed by atoms with Crippen LogP contribution in [0, 0.1) is 5.82 Å². The minimum atomic E-state index is -5.13. The summed E-state index contributed by atoms with van der Waals surface area (Å²) in [6.07, 6.45) is 2.50. The Morgan fingerprint density at radius 1 is 1.18 bits per heavy atom. The largest absolute Gasteiger partial charge is 0.491 e. The molecule has 1 amide bonds. The molecule has 11 nitrogen and oxygen atoms in total. The number of carbonyl (C=O) groups excluding carboxylic acids is 2. The van der Waals surface area contributed by atoms with E-state index in [1.807, 2.05) is 16.7 Å². The van der Waals surface area contributed by atoms with Crippen LogP contribution in [0.2, 0.25) is 0 Å². The van der Waals surface area contributed by atoms with Crippen molar-refractivity contribution in [2.45, 2.75) is 87.9 Å². The van der Waals surface area contributed by atoms with Gasteiger partial charge in [0.05, 0.1) is 29.8 Å². The van der Waals surface area contributed by atoms with Crippen LogP contribution in [0.3, 0.4) is 0 Å². The van der Waals surface area contributed by atoms with E-state index in [1.54, 1.807) is 44.7 Å². The molecule has 1 aliphatic carbocycles. The summed E-state index contributed by atoms with van der Waals surface area (Å²) >= 11 is 0. The maximum absolute atomic E-state index is 14.0. The van der Waals surface area contributed by atoms with Crippen LogP contribution in [-0.2, 0) is 36.6 Å². The van der Waals surface area contributed by atoms with Gasteiger partial charge in [-0.25, -0.2) is 14.2 Å². The second-order valence-electron chi connectivity index (χ2n) is 13.4. The lowest BCUT2D eigenvalue weighted by Gasteiger charge is -2.49. The number of halogens is 4. The van der Waals surface area contributed by atoms with E-state index in [1.165, 1.54) is 19.2 Å². The smallest absolute Gasteiger partial charge is 0.485 e. The minimum Gasteiger partial charge on any atom is -0.485 e. The number of nitrogens with zero attached hydrogens (tertiary/aromatic N) is 2. The number of aliphatic hydroxyl groups excluding tert-OH is 1. The molecule has 2 aromatic carbocycles. The first kappa shape index (κ1) is 37.2. The summed E-state index contributed by atoms with van der Waals surface area (Å²) in [6.45, 7) is 2.33. The van der Waals surface area contributed by atoms with Gasteiger partial charge in [0, 0.05) is 50.5 Å². The number of fused-ring (bicyclic) bond motifs is 1. The highest BCUT2D eigenvalue weighted by atomic mass is 19.4.